The zero-order chi connectivity index (χ0) is 26.2. The molecule has 12 nitrogen and oxygen atoms in total. The van der Waals surface area contributed by atoms with Crippen molar-refractivity contribution in [2.75, 3.05) is 24.9 Å². The van der Waals surface area contributed by atoms with E-state index >= 15 is 0 Å². The maximum atomic E-state index is 13.2. The molecule has 0 bridgehead atoms. The number of methoxy groups -OCH3 is 2. The number of hydrogen-bond donors (Lipinski definition) is 2. The topological polar surface area (TPSA) is 163 Å². The minimum absolute atomic E-state index is 0.139. The lowest BCUT2D eigenvalue weighted by molar-refractivity contribution is -0.384. The fourth-order valence-electron chi connectivity index (χ4n) is 3.17. The number of nitrogens with zero attached hydrogens (tertiary/aromatic N) is 2. The Hall–Kier alpha value is -5.26. The summed E-state index contributed by atoms with van der Waals surface area (Å²) >= 11 is 0. The smallest absolute Gasteiger partial charge is 0.292 e. The van der Waals surface area contributed by atoms with Gasteiger partial charge in [-0.3, -0.25) is 29.8 Å². The van der Waals surface area contributed by atoms with E-state index in [1.807, 2.05) is 0 Å². The summed E-state index contributed by atoms with van der Waals surface area (Å²) in [5.41, 5.74) is -1.20. The highest BCUT2D eigenvalue weighted by atomic mass is 16.6. The largest absolute Gasteiger partial charge is 0.497 e. The fourth-order valence-corrected chi connectivity index (χ4v) is 3.17. The van der Waals surface area contributed by atoms with Gasteiger partial charge < -0.3 is 20.1 Å². The monoisotopic (exact) mass is 492 g/mol. The first-order chi connectivity index (χ1) is 17.2. The Morgan fingerprint density at radius 1 is 0.750 bits per heavy atom. The average Bonchev–Trinajstić information content (AvgIpc) is 2.87. The van der Waals surface area contributed by atoms with Crippen molar-refractivity contribution in [1.29, 1.82) is 0 Å². The van der Waals surface area contributed by atoms with Crippen LogP contribution in [0.1, 0.15) is 5.56 Å². The van der Waals surface area contributed by atoms with Gasteiger partial charge in [0.25, 0.3) is 23.2 Å². The van der Waals surface area contributed by atoms with Gasteiger partial charge in [-0.15, -0.1) is 0 Å². The molecule has 2 amide bonds. The van der Waals surface area contributed by atoms with Crippen LogP contribution in [0, 0.1) is 20.2 Å². The Morgan fingerprint density at radius 3 is 1.56 bits per heavy atom. The van der Waals surface area contributed by atoms with Crippen LogP contribution in [-0.2, 0) is 9.59 Å². The second-order valence-corrected chi connectivity index (χ2v) is 7.16. The number of nitro groups is 2. The summed E-state index contributed by atoms with van der Waals surface area (Å²) in [6, 6.07) is 15.4. The lowest BCUT2D eigenvalue weighted by Gasteiger charge is -2.12. The number of carbonyl (C=O) groups is 2. The Balaban J connectivity index is 2.07. The van der Waals surface area contributed by atoms with Crippen LogP contribution in [0.3, 0.4) is 0 Å². The van der Waals surface area contributed by atoms with Crippen LogP contribution >= 0.6 is 0 Å². The molecule has 0 spiro atoms. The standard InChI is InChI=1S/C24H20N4O8/c1-35-16-11-15(12-17(14-16)36-2)13-18(23(29)25-19-7-3-5-9-21(19)27(31)32)24(30)26-20-8-4-6-10-22(20)28(33)34/h3-14H,1-2H3,(H,25,29)(H,26,30). The van der Waals surface area contributed by atoms with Crippen LogP contribution in [0.25, 0.3) is 6.08 Å². The third kappa shape index (κ3) is 5.99. The van der Waals surface area contributed by atoms with Gasteiger partial charge in [-0.25, -0.2) is 0 Å². The Kier molecular flexibility index (Phi) is 7.92. The van der Waals surface area contributed by atoms with Crippen molar-refractivity contribution in [2.24, 2.45) is 0 Å². The van der Waals surface area contributed by atoms with E-state index in [0.717, 1.165) is 0 Å². The van der Waals surface area contributed by atoms with Gasteiger partial charge in [0.2, 0.25) is 0 Å². The summed E-state index contributed by atoms with van der Waals surface area (Å²) in [6.07, 6.45) is 1.21. The van der Waals surface area contributed by atoms with Crippen molar-refractivity contribution in [3.05, 3.63) is 98.1 Å². The van der Waals surface area contributed by atoms with Crippen LogP contribution in [0.15, 0.2) is 72.3 Å². The zero-order valence-corrected chi connectivity index (χ0v) is 19.1. The van der Waals surface area contributed by atoms with Crippen molar-refractivity contribution in [3.8, 4) is 11.5 Å². The highest BCUT2D eigenvalue weighted by Gasteiger charge is 2.24. The van der Waals surface area contributed by atoms with E-state index in [1.165, 1.54) is 81.0 Å². The molecule has 0 atom stereocenters. The van der Waals surface area contributed by atoms with Crippen LogP contribution < -0.4 is 20.1 Å². The van der Waals surface area contributed by atoms with Crippen LogP contribution in [-0.4, -0.2) is 35.9 Å². The lowest BCUT2D eigenvalue weighted by atomic mass is 10.1. The van der Waals surface area contributed by atoms with E-state index in [9.17, 15) is 29.8 Å². The number of rotatable bonds is 9. The maximum absolute atomic E-state index is 13.2. The zero-order valence-electron chi connectivity index (χ0n) is 19.1. The molecule has 0 aliphatic rings. The van der Waals surface area contributed by atoms with Crippen molar-refractivity contribution in [2.45, 2.75) is 0 Å². The Labute approximate surface area is 204 Å². The minimum atomic E-state index is -0.984. The third-order valence-corrected chi connectivity index (χ3v) is 4.87. The first-order valence-corrected chi connectivity index (χ1v) is 10.3. The minimum Gasteiger partial charge on any atom is -0.497 e. The number of benzene rings is 3. The third-order valence-electron chi connectivity index (χ3n) is 4.87. The van der Waals surface area contributed by atoms with Gasteiger partial charge in [-0.2, -0.15) is 0 Å². The first-order valence-electron chi connectivity index (χ1n) is 10.3. The second-order valence-electron chi connectivity index (χ2n) is 7.16. The van der Waals surface area contributed by atoms with E-state index in [1.54, 1.807) is 6.07 Å². The first kappa shape index (κ1) is 25.4. The van der Waals surface area contributed by atoms with Crippen molar-refractivity contribution >= 4 is 40.6 Å². The average molecular weight is 492 g/mol. The van der Waals surface area contributed by atoms with Gasteiger partial charge in [0.05, 0.1) is 24.1 Å². The van der Waals surface area contributed by atoms with Crippen molar-refractivity contribution < 1.29 is 28.9 Å². The molecule has 0 saturated carbocycles. The van der Waals surface area contributed by atoms with Crippen molar-refractivity contribution in [1.82, 2.24) is 0 Å². The molecule has 184 valence electrons. The number of anilines is 2. The van der Waals surface area contributed by atoms with Crippen LogP contribution in [0.5, 0.6) is 11.5 Å². The fraction of sp³-hybridized carbons (Fsp3) is 0.0833. The number of para-hydroxylation sites is 4. The summed E-state index contributed by atoms with van der Waals surface area (Å²) in [5, 5.41) is 27.4. The lowest BCUT2D eigenvalue weighted by Crippen LogP contribution is -2.26. The van der Waals surface area contributed by atoms with E-state index < -0.39 is 27.2 Å². The molecule has 0 aromatic heterocycles. The molecule has 2 N–H and O–H groups in total. The molecule has 0 unspecified atom stereocenters. The highest BCUT2D eigenvalue weighted by Crippen LogP contribution is 2.28. The van der Waals surface area contributed by atoms with Gasteiger partial charge in [0.15, 0.2) is 0 Å². The molecule has 3 aromatic rings. The quantitative estimate of drug-likeness (QED) is 0.148. The van der Waals surface area contributed by atoms with Gasteiger partial charge in [0.1, 0.15) is 28.4 Å². The number of nitro benzene ring substituents is 2. The summed E-state index contributed by atoms with van der Waals surface area (Å²) in [6.45, 7) is 0. The number of amides is 2. The maximum Gasteiger partial charge on any atom is 0.292 e. The van der Waals surface area contributed by atoms with Crippen LogP contribution in [0.2, 0.25) is 0 Å². The molecule has 0 radical (unpaired) electrons. The summed E-state index contributed by atoms with van der Waals surface area (Å²) < 4.78 is 10.4. The van der Waals surface area contributed by atoms with Gasteiger partial charge >= 0.3 is 0 Å². The number of carbonyl (C=O) groups excluding carboxylic acids is 2. The predicted octanol–water partition coefficient (Wildman–Crippen LogP) is 4.18. The molecule has 3 rings (SSSR count). The van der Waals surface area contributed by atoms with Crippen molar-refractivity contribution in [3.63, 3.8) is 0 Å². The van der Waals surface area contributed by atoms with Gasteiger partial charge in [0, 0.05) is 18.2 Å². The normalized spacial score (nSPS) is 10.1. The molecule has 12 heteroatoms. The van der Waals surface area contributed by atoms with E-state index in [4.69, 9.17) is 9.47 Å². The van der Waals surface area contributed by atoms with Gasteiger partial charge in [-0.05, 0) is 35.9 Å². The number of nitrogens with one attached hydrogen (secondary N) is 2. The Bertz CT molecular complexity index is 1270. The SMILES string of the molecule is COc1cc(C=C(C(=O)Nc2ccccc2[N+](=O)[O-])C(=O)Nc2ccccc2[N+](=O)[O-])cc(OC)c1. The highest BCUT2D eigenvalue weighted by molar-refractivity contribution is 6.29. The molecule has 0 aliphatic carbocycles. The molecule has 36 heavy (non-hydrogen) atoms. The molecule has 0 saturated heterocycles. The van der Waals surface area contributed by atoms with E-state index in [0.29, 0.717) is 17.1 Å². The van der Waals surface area contributed by atoms with Gasteiger partial charge in [-0.1, -0.05) is 24.3 Å². The molecule has 3 aromatic carbocycles. The van der Waals surface area contributed by atoms with E-state index in [-0.39, 0.29) is 22.7 Å². The summed E-state index contributed by atoms with van der Waals surface area (Å²) in [5.74, 6) is -1.22. The predicted molar refractivity (Wildman–Crippen MR) is 131 cm³/mol. The number of ether oxygens (including phenoxy) is 2. The second kappa shape index (κ2) is 11.2. The molecular formula is C24H20N4O8. The summed E-state index contributed by atoms with van der Waals surface area (Å²) in [7, 11) is 2.84. The summed E-state index contributed by atoms with van der Waals surface area (Å²) in [4.78, 5) is 47.7. The number of hydrogen-bond acceptors (Lipinski definition) is 8. The molecule has 0 heterocycles. The Morgan fingerprint density at radius 2 is 1.17 bits per heavy atom. The van der Waals surface area contributed by atoms with Crippen LogP contribution in [0.4, 0.5) is 22.7 Å². The van der Waals surface area contributed by atoms with E-state index in [2.05, 4.69) is 10.6 Å². The molecular weight excluding hydrogens is 472 g/mol. The molecule has 0 aliphatic heterocycles. The molecule has 0 fully saturated rings.